The summed E-state index contributed by atoms with van der Waals surface area (Å²) in [6.45, 7) is 0. The first-order chi connectivity index (χ1) is 8.60. The van der Waals surface area contributed by atoms with Crippen molar-refractivity contribution < 1.29 is 14.6 Å². The van der Waals surface area contributed by atoms with Crippen LogP contribution in [0.5, 0.6) is 11.5 Å². The molecule has 0 fully saturated rings. The summed E-state index contributed by atoms with van der Waals surface area (Å²) in [7, 11) is 1.48. The minimum atomic E-state index is -0.457. The lowest BCUT2D eigenvalue weighted by molar-refractivity contribution is 0.102. The Labute approximate surface area is 112 Å². The lowest BCUT2D eigenvalue weighted by atomic mass is 10.2. The van der Waals surface area contributed by atoms with Gasteiger partial charge in [0.05, 0.1) is 18.9 Å². The molecule has 0 aliphatic carbocycles. The fraction of sp³-hybridized carbons (Fsp3) is 0.0909. The number of halogens is 1. The van der Waals surface area contributed by atoms with Crippen LogP contribution in [0.1, 0.15) is 10.4 Å². The van der Waals surface area contributed by atoms with Crippen LogP contribution in [-0.2, 0) is 0 Å². The Morgan fingerprint density at radius 3 is 2.89 bits per heavy atom. The molecule has 18 heavy (non-hydrogen) atoms. The monoisotopic (exact) mass is 284 g/mol. The minimum Gasteiger partial charge on any atom is -0.507 e. The number of hydrogen-bond donors (Lipinski definition) is 2. The van der Waals surface area contributed by atoms with Gasteiger partial charge in [0.2, 0.25) is 0 Å². The average molecular weight is 285 g/mol. The van der Waals surface area contributed by atoms with Crippen LogP contribution in [0, 0.1) is 0 Å². The van der Waals surface area contributed by atoms with Gasteiger partial charge in [0.25, 0.3) is 5.91 Å². The molecule has 2 N–H and O–H groups in total. The molecule has 0 saturated heterocycles. The highest BCUT2D eigenvalue weighted by atomic mass is 35.5. The summed E-state index contributed by atoms with van der Waals surface area (Å²) in [5.41, 5.74) is 0.141. The molecule has 0 radical (unpaired) electrons. The van der Waals surface area contributed by atoms with Crippen LogP contribution in [0.3, 0.4) is 0 Å². The second-order valence-corrected chi connectivity index (χ2v) is 4.97. The number of aromatic nitrogens is 1. The maximum Gasteiger partial charge on any atom is 0.261 e. The second-order valence-electron chi connectivity index (χ2n) is 3.31. The van der Waals surface area contributed by atoms with Gasteiger partial charge in [-0.2, -0.15) is 0 Å². The summed E-state index contributed by atoms with van der Waals surface area (Å²) in [5.74, 6) is -0.142. The normalized spacial score (nSPS) is 10.1. The molecule has 0 atom stereocenters. The van der Waals surface area contributed by atoms with Gasteiger partial charge in [0.1, 0.15) is 15.8 Å². The van der Waals surface area contributed by atoms with Gasteiger partial charge < -0.3 is 9.84 Å². The standard InChI is InChI=1S/C11H9ClN2O3S/c1-17-6-2-3-7(8(15)4-6)10(16)14-11-13-5-9(12)18-11/h2-5,15H,1H3,(H,13,14,16). The van der Waals surface area contributed by atoms with Crippen molar-refractivity contribution in [1.82, 2.24) is 4.98 Å². The number of aromatic hydroxyl groups is 1. The number of methoxy groups -OCH3 is 1. The van der Waals surface area contributed by atoms with Crippen LogP contribution in [0.2, 0.25) is 4.34 Å². The van der Waals surface area contributed by atoms with E-state index in [4.69, 9.17) is 16.3 Å². The van der Waals surface area contributed by atoms with Gasteiger partial charge in [0.15, 0.2) is 5.13 Å². The number of rotatable bonds is 3. The van der Waals surface area contributed by atoms with Crippen LogP contribution < -0.4 is 10.1 Å². The smallest absolute Gasteiger partial charge is 0.261 e. The molecular weight excluding hydrogens is 276 g/mol. The van der Waals surface area contributed by atoms with Gasteiger partial charge in [0, 0.05) is 6.07 Å². The number of phenolic OH excluding ortho intramolecular Hbond substituents is 1. The molecule has 94 valence electrons. The fourth-order valence-electron chi connectivity index (χ4n) is 1.31. The summed E-state index contributed by atoms with van der Waals surface area (Å²) in [5, 5.41) is 12.6. The predicted octanol–water partition coefficient (Wildman–Crippen LogP) is 2.76. The van der Waals surface area contributed by atoms with E-state index in [1.807, 2.05) is 0 Å². The maximum atomic E-state index is 11.9. The summed E-state index contributed by atoms with van der Waals surface area (Å²) < 4.78 is 5.41. The quantitative estimate of drug-likeness (QED) is 0.909. The van der Waals surface area contributed by atoms with Gasteiger partial charge in [-0.3, -0.25) is 10.1 Å². The molecule has 5 nitrogen and oxygen atoms in total. The molecule has 2 rings (SSSR count). The zero-order valence-electron chi connectivity index (χ0n) is 9.31. The number of carbonyl (C=O) groups is 1. The van der Waals surface area contributed by atoms with Crippen molar-refractivity contribution in [2.45, 2.75) is 0 Å². The highest BCUT2D eigenvalue weighted by Crippen LogP contribution is 2.26. The topological polar surface area (TPSA) is 71.5 Å². The zero-order valence-corrected chi connectivity index (χ0v) is 10.9. The molecule has 0 saturated carbocycles. The molecule has 2 aromatic rings. The van der Waals surface area contributed by atoms with Gasteiger partial charge >= 0.3 is 0 Å². The molecule has 7 heteroatoms. The lowest BCUT2D eigenvalue weighted by Crippen LogP contribution is -2.11. The first kappa shape index (κ1) is 12.7. The molecule has 0 bridgehead atoms. The van der Waals surface area contributed by atoms with E-state index in [-0.39, 0.29) is 11.3 Å². The van der Waals surface area contributed by atoms with Crippen LogP contribution in [0.15, 0.2) is 24.4 Å². The first-order valence-electron chi connectivity index (χ1n) is 4.90. The fourth-order valence-corrected chi connectivity index (χ4v) is 2.11. The summed E-state index contributed by atoms with van der Waals surface area (Å²) in [6.07, 6.45) is 1.44. The number of anilines is 1. The van der Waals surface area contributed by atoms with Crippen molar-refractivity contribution in [2.24, 2.45) is 0 Å². The van der Waals surface area contributed by atoms with E-state index in [0.717, 1.165) is 11.3 Å². The van der Waals surface area contributed by atoms with E-state index >= 15 is 0 Å². The SMILES string of the molecule is COc1ccc(C(=O)Nc2ncc(Cl)s2)c(O)c1. The first-order valence-corrected chi connectivity index (χ1v) is 6.09. The molecule has 0 spiro atoms. The Bertz CT molecular complexity index is 585. The van der Waals surface area contributed by atoms with Crippen LogP contribution >= 0.6 is 22.9 Å². The third-order valence-corrected chi connectivity index (χ3v) is 3.18. The van der Waals surface area contributed by atoms with Crippen molar-refractivity contribution in [3.63, 3.8) is 0 Å². The Morgan fingerprint density at radius 2 is 2.33 bits per heavy atom. The Hall–Kier alpha value is -1.79. The van der Waals surface area contributed by atoms with Crippen molar-refractivity contribution in [3.8, 4) is 11.5 Å². The van der Waals surface area contributed by atoms with Crippen LogP contribution in [0.4, 0.5) is 5.13 Å². The number of ether oxygens (including phenoxy) is 1. The zero-order chi connectivity index (χ0) is 13.1. The van der Waals surface area contributed by atoms with E-state index in [1.54, 1.807) is 6.07 Å². The molecular formula is C11H9ClN2O3S. The molecule has 1 aromatic heterocycles. The van der Waals surface area contributed by atoms with Gasteiger partial charge in [-0.05, 0) is 12.1 Å². The number of hydrogen-bond acceptors (Lipinski definition) is 5. The second kappa shape index (κ2) is 5.24. The van der Waals surface area contributed by atoms with Crippen molar-refractivity contribution in [3.05, 3.63) is 34.3 Å². The largest absolute Gasteiger partial charge is 0.507 e. The van der Waals surface area contributed by atoms with Crippen molar-refractivity contribution in [2.75, 3.05) is 12.4 Å². The van der Waals surface area contributed by atoms with Crippen molar-refractivity contribution in [1.29, 1.82) is 0 Å². The highest BCUT2D eigenvalue weighted by Gasteiger charge is 2.13. The van der Waals surface area contributed by atoms with Gasteiger partial charge in [-0.1, -0.05) is 22.9 Å². The number of nitrogens with zero attached hydrogens (tertiary/aromatic N) is 1. The van der Waals surface area contributed by atoms with E-state index < -0.39 is 5.91 Å². The number of nitrogens with one attached hydrogen (secondary N) is 1. The average Bonchev–Trinajstić information content (AvgIpc) is 2.74. The van der Waals surface area contributed by atoms with E-state index in [2.05, 4.69) is 10.3 Å². The number of amides is 1. The molecule has 1 amide bonds. The number of carbonyl (C=O) groups excluding carboxylic acids is 1. The van der Waals surface area contributed by atoms with Crippen LogP contribution in [-0.4, -0.2) is 23.1 Å². The maximum absolute atomic E-state index is 11.9. The summed E-state index contributed by atoms with van der Waals surface area (Å²) >= 11 is 6.84. The summed E-state index contributed by atoms with van der Waals surface area (Å²) in [6, 6.07) is 4.42. The minimum absolute atomic E-state index is 0.141. The van der Waals surface area contributed by atoms with Crippen LogP contribution in [0.25, 0.3) is 0 Å². The van der Waals surface area contributed by atoms with E-state index in [0.29, 0.717) is 15.2 Å². The third kappa shape index (κ3) is 2.72. The lowest BCUT2D eigenvalue weighted by Gasteiger charge is -2.06. The number of benzene rings is 1. The predicted molar refractivity (Wildman–Crippen MR) is 69.7 cm³/mol. The Balaban J connectivity index is 2.18. The third-order valence-electron chi connectivity index (χ3n) is 2.15. The molecule has 0 unspecified atom stereocenters. The molecule has 1 heterocycles. The van der Waals surface area contributed by atoms with E-state index in [1.165, 1.54) is 25.4 Å². The summed E-state index contributed by atoms with van der Waals surface area (Å²) in [4.78, 5) is 15.7. The Kier molecular flexibility index (Phi) is 3.69. The molecule has 0 aliphatic heterocycles. The molecule has 1 aromatic carbocycles. The Morgan fingerprint density at radius 1 is 1.56 bits per heavy atom. The van der Waals surface area contributed by atoms with Crippen molar-refractivity contribution >= 4 is 34.0 Å². The van der Waals surface area contributed by atoms with Gasteiger partial charge in [-0.25, -0.2) is 4.98 Å². The number of thiazole rings is 1. The highest BCUT2D eigenvalue weighted by molar-refractivity contribution is 7.19. The molecule has 0 aliphatic rings. The van der Waals surface area contributed by atoms with E-state index in [9.17, 15) is 9.90 Å². The van der Waals surface area contributed by atoms with Gasteiger partial charge in [-0.15, -0.1) is 0 Å². The number of phenols is 1.